The fourth-order valence-electron chi connectivity index (χ4n) is 6.16. The molecule has 0 atom stereocenters. The zero-order valence-corrected chi connectivity index (χ0v) is 35.9. The number of fused-ring (bicyclic) bond motifs is 2. The van der Waals surface area contributed by atoms with E-state index in [0.717, 1.165) is 12.1 Å². The Morgan fingerprint density at radius 1 is 0.500 bits per heavy atom. The Hall–Kier alpha value is -6.02. The zero-order chi connectivity index (χ0) is 46.4. The molecule has 0 aliphatic carbocycles. The zero-order valence-electron chi connectivity index (χ0n) is 34.2. The van der Waals surface area contributed by atoms with Crippen LogP contribution in [0.2, 0.25) is 0 Å². The molecule has 20 heteroatoms. The van der Waals surface area contributed by atoms with Crippen molar-refractivity contribution in [1.82, 2.24) is 9.97 Å². The van der Waals surface area contributed by atoms with Gasteiger partial charge in [0.2, 0.25) is 0 Å². The first-order chi connectivity index (χ1) is 28.4. The number of carbonyl (C=O) groups is 2. The number of ether oxygens (including phenoxy) is 2. The van der Waals surface area contributed by atoms with Gasteiger partial charge in [-0.25, -0.2) is 9.59 Å². The van der Waals surface area contributed by atoms with Gasteiger partial charge in [0.15, 0.2) is 11.5 Å². The first kappa shape index (κ1) is 47.0. The first-order valence-electron chi connectivity index (χ1n) is 18.3. The van der Waals surface area contributed by atoms with Gasteiger partial charge in [-0.05, 0) is 100 Å². The van der Waals surface area contributed by atoms with Crippen molar-refractivity contribution in [3.8, 4) is 33.8 Å². The first-order valence-corrected chi connectivity index (χ1v) is 21.1. The summed E-state index contributed by atoms with van der Waals surface area (Å²) < 4.78 is 145. The number of hydrogen-bond acceptors (Lipinski definition) is 10. The largest absolute Gasteiger partial charge is 0.534 e. The number of hydrogen-bond donors (Lipinski definition) is 2. The molecular formula is C42H40F6N2O10S2. The molecule has 0 aliphatic heterocycles. The Bertz CT molecular complexity index is 2710. The highest BCUT2D eigenvalue weighted by Crippen LogP contribution is 2.44. The molecule has 0 amide bonds. The van der Waals surface area contributed by atoms with Gasteiger partial charge in [0.05, 0.1) is 0 Å². The van der Waals surface area contributed by atoms with Crippen LogP contribution in [0.15, 0.2) is 85.2 Å². The molecule has 2 N–H and O–H groups in total. The van der Waals surface area contributed by atoms with Crippen LogP contribution >= 0.6 is 0 Å². The second kappa shape index (κ2) is 16.7. The van der Waals surface area contributed by atoms with E-state index in [2.05, 4.69) is 18.3 Å². The Labute approximate surface area is 352 Å². The van der Waals surface area contributed by atoms with E-state index < -0.39 is 65.9 Å². The fraction of sp³-hybridized carbons (Fsp3) is 0.286. The van der Waals surface area contributed by atoms with Crippen LogP contribution in [0, 0.1) is 13.8 Å². The minimum absolute atomic E-state index is 0.0296. The molecule has 0 radical (unpaired) electrons. The van der Waals surface area contributed by atoms with Gasteiger partial charge in [-0.1, -0.05) is 60.7 Å². The van der Waals surface area contributed by atoms with Gasteiger partial charge in [-0.3, -0.25) is 0 Å². The molecule has 0 bridgehead atoms. The number of nitrogens with one attached hydrogen (secondary N) is 2. The van der Waals surface area contributed by atoms with E-state index in [1.807, 2.05) is 0 Å². The maximum atomic E-state index is 13.0. The molecule has 2 aromatic heterocycles. The van der Waals surface area contributed by atoms with Crippen molar-refractivity contribution in [2.24, 2.45) is 0 Å². The van der Waals surface area contributed by atoms with Crippen LogP contribution in [-0.2, 0) is 29.7 Å². The number of rotatable bonds is 8. The normalized spacial score (nSPS) is 12.7. The molecule has 0 unspecified atom stereocenters. The average Bonchev–Trinajstić information content (AvgIpc) is 3.71. The highest BCUT2D eigenvalue weighted by molar-refractivity contribution is 7.88. The van der Waals surface area contributed by atoms with Gasteiger partial charge in [-0.2, -0.15) is 43.2 Å². The molecule has 4 aromatic carbocycles. The number of benzene rings is 4. The predicted molar refractivity (Wildman–Crippen MR) is 218 cm³/mol. The van der Waals surface area contributed by atoms with Gasteiger partial charge in [0.25, 0.3) is 0 Å². The van der Waals surface area contributed by atoms with E-state index in [1.165, 1.54) is 24.5 Å². The van der Waals surface area contributed by atoms with Crippen molar-refractivity contribution >= 4 is 53.7 Å². The van der Waals surface area contributed by atoms with E-state index in [0.29, 0.717) is 32.7 Å². The Morgan fingerprint density at radius 2 is 0.823 bits per heavy atom. The number of halogens is 6. The summed E-state index contributed by atoms with van der Waals surface area (Å²) in [7, 11) is -11.9. The Morgan fingerprint density at radius 3 is 1.13 bits per heavy atom. The summed E-state index contributed by atoms with van der Waals surface area (Å²) in [5.74, 6) is -2.59. The third-order valence-corrected chi connectivity index (χ3v) is 10.5. The molecule has 332 valence electrons. The predicted octanol–water partition coefficient (Wildman–Crippen LogP) is 10.7. The number of carbonyl (C=O) groups excluding carboxylic acids is 2. The topological polar surface area (TPSA) is 171 Å². The standard InChI is InChI=1S/2C21H20F3NO5S/c2*1-12-11-25-18(19(26)29-20(2,3)4)16(12)17-14-8-6-5-7-13(14)9-10-15(17)30-31(27,28)21(22,23)24/h2*5-11,25H,1-4H3. The SMILES string of the molecule is Cc1c[nH]c(C(=O)OC(C)(C)C)c1-c1c(OS(=O)(=O)C(F)(F)F)ccc2ccccc12.Cc1c[nH]c(C(=O)OC(C)(C)C)c1-c1c(OS(=O)(=O)C(F)(F)F)ccc2ccccc12. The molecule has 2 heterocycles. The lowest BCUT2D eigenvalue weighted by molar-refractivity contribution is -0.0504. The van der Waals surface area contributed by atoms with Crippen molar-refractivity contribution in [2.75, 3.05) is 0 Å². The van der Waals surface area contributed by atoms with Gasteiger partial charge in [0, 0.05) is 34.6 Å². The van der Waals surface area contributed by atoms with Gasteiger partial charge in [-0.15, -0.1) is 0 Å². The van der Waals surface area contributed by atoms with E-state index in [4.69, 9.17) is 9.47 Å². The second-order valence-corrected chi connectivity index (χ2v) is 18.8. The van der Waals surface area contributed by atoms with Crippen molar-refractivity contribution in [3.05, 3.63) is 108 Å². The molecule has 0 aliphatic rings. The summed E-state index contributed by atoms with van der Waals surface area (Å²) in [4.78, 5) is 31.1. The molecular weight excluding hydrogens is 871 g/mol. The van der Waals surface area contributed by atoms with Crippen LogP contribution in [0.1, 0.15) is 73.6 Å². The molecule has 0 saturated carbocycles. The monoisotopic (exact) mass is 910 g/mol. The average molecular weight is 911 g/mol. The second-order valence-electron chi connectivity index (χ2n) is 15.7. The van der Waals surface area contributed by atoms with E-state index >= 15 is 0 Å². The summed E-state index contributed by atoms with van der Waals surface area (Å²) in [6.45, 7) is 13.3. The van der Waals surface area contributed by atoms with Gasteiger partial charge < -0.3 is 27.8 Å². The smallest absolute Gasteiger partial charge is 0.455 e. The van der Waals surface area contributed by atoms with Crippen LogP contribution in [0.3, 0.4) is 0 Å². The van der Waals surface area contributed by atoms with E-state index in [-0.39, 0.29) is 33.6 Å². The van der Waals surface area contributed by atoms with Crippen molar-refractivity contribution in [2.45, 2.75) is 77.6 Å². The number of alkyl halides is 6. The summed E-state index contributed by atoms with van der Waals surface area (Å²) in [5.41, 5.74) is -11.5. The third-order valence-electron chi connectivity index (χ3n) is 8.61. The number of aromatic nitrogens is 2. The fourth-order valence-corrected chi connectivity index (χ4v) is 7.10. The maximum Gasteiger partial charge on any atom is 0.534 e. The number of aryl methyl sites for hydroxylation is 2. The maximum absolute atomic E-state index is 13.0. The number of H-pyrrole nitrogens is 2. The minimum atomic E-state index is -5.93. The molecule has 0 spiro atoms. The summed E-state index contributed by atoms with van der Waals surface area (Å²) in [6, 6.07) is 18.5. The lowest BCUT2D eigenvalue weighted by atomic mass is 9.95. The lowest BCUT2D eigenvalue weighted by Gasteiger charge is -2.20. The molecule has 6 rings (SSSR count). The molecule has 0 fully saturated rings. The number of aromatic amines is 2. The third kappa shape index (κ3) is 10.2. The van der Waals surface area contributed by atoms with Crippen molar-refractivity contribution in [3.63, 3.8) is 0 Å². The highest BCUT2D eigenvalue weighted by atomic mass is 32.2. The van der Waals surface area contributed by atoms with E-state index in [1.54, 1.807) is 104 Å². The van der Waals surface area contributed by atoms with Crippen LogP contribution in [0.4, 0.5) is 26.3 Å². The number of esters is 2. The van der Waals surface area contributed by atoms with Crippen molar-refractivity contribution < 1.29 is 70.6 Å². The molecule has 12 nitrogen and oxygen atoms in total. The Balaban J connectivity index is 0.000000234. The summed E-state index contributed by atoms with van der Waals surface area (Å²) >= 11 is 0. The van der Waals surface area contributed by atoms with Crippen molar-refractivity contribution in [1.29, 1.82) is 0 Å². The molecule has 6 aromatic rings. The van der Waals surface area contributed by atoms with Crippen LogP contribution in [0.5, 0.6) is 11.5 Å². The van der Waals surface area contributed by atoms with Gasteiger partial charge >= 0.3 is 43.2 Å². The van der Waals surface area contributed by atoms with E-state index in [9.17, 15) is 52.8 Å². The van der Waals surface area contributed by atoms with Gasteiger partial charge in [0.1, 0.15) is 22.6 Å². The summed E-state index contributed by atoms with van der Waals surface area (Å²) in [5, 5.41) is 2.05. The summed E-state index contributed by atoms with van der Waals surface area (Å²) in [6.07, 6.45) is 2.97. The quantitative estimate of drug-likeness (QED) is 0.0648. The Kier molecular flexibility index (Phi) is 12.7. The molecule has 62 heavy (non-hydrogen) atoms. The minimum Gasteiger partial charge on any atom is -0.455 e. The highest BCUT2D eigenvalue weighted by Gasteiger charge is 2.50. The van der Waals surface area contributed by atoms with Crippen LogP contribution in [-0.4, -0.2) is 61.0 Å². The molecule has 0 saturated heterocycles. The van der Waals surface area contributed by atoms with Crippen LogP contribution in [0.25, 0.3) is 43.8 Å². The van der Waals surface area contributed by atoms with Crippen LogP contribution < -0.4 is 8.37 Å². The lowest BCUT2D eigenvalue weighted by Crippen LogP contribution is -2.28.